The Bertz CT molecular complexity index is 654. The van der Waals surface area contributed by atoms with Crippen molar-refractivity contribution in [3.8, 4) is 5.75 Å². The largest absolute Gasteiger partial charge is 0.497 e. The Labute approximate surface area is 128 Å². The molecule has 1 saturated heterocycles. The fraction of sp³-hybridized carbons (Fsp3) is 0.312. The molecule has 1 aliphatic heterocycles. The molecule has 0 atom stereocenters. The Balaban J connectivity index is 2.39. The molecule has 0 spiro atoms. The number of benzene rings is 1. The summed E-state index contributed by atoms with van der Waals surface area (Å²) in [5, 5.41) is 2.19. The van der Waals surface area contributed by atoms with E-state index in [0.29, 0.717) is 11.3 Å². The van der Waals surface area contributed by atoms with E-state index >= 15 is 0 Å². The van der Waals surface area contributed by atoms with Gasteiger partial charge < -0.3 is 4.74 Å². The second-order valence-corrected chi connectivity index (χ2v) is 5.90. The number of amides is 4. The smallest absolute Gasteiger partial charge is 0.331 e. The highest BCUT2D eigenvalue weighted by Gasteiger charge is 2.41. The van der Waals surface area contributed by atoms with Crippen LogP contribution in [-0.4, -0.2) is 35.4 Å². The van der Waals surface area contributed by atoms with E-state index in [1.807, 2.05) is 0 Å². The highest BCUT2D eigenvalue weighted by molar-refractivity contribution is 6.31. The summed E-state index contributed by atoms with van der Waals surface area (Å²) in [5.74, 6) is -0.614. The molecule has 4 amide bonds. The van der Waals surface area contributed by atoms with Crippen molar-refractivity contribution in [3.63, 3.8) is 0 Å². The van der Waals surface area contributed by atoms with Gasteiger partial charge >= 0.3 is 6.03 Å². The van der Waals surface area contributed by atoms with Crippen molar-refractivity contribution in [1.29, 1.82) is 0 Å². The standard InChI is InChI=1S/C16H18N2O4/c1-16(2,3)18-14(20)12(13(19)17-15(18)21)9-10-5-7-11(22-4)8-6-10/h5-9H,1-4H3,(H,17,19,21). The third kappa shape index (κ3) is 3.00. The number of hydrogen-bond acceptors (Lipinski definition) is 4. The number of urea groups is 1. The zero-order valence-corrected chi connectivity index (χ0v) is 13.0. The number of rotatable bonds is 2. The van der Waals surface area contributed by atoms with Gasteiger partial charge in [-0.15, -0.1) is 0 Å². The molecule has 0 aliphatic carbocycles. The molecule has 1 fully saturated rings. The molecule has 22 heavy (non-hydrogen) atoms. The molecule has 116 valence electrons. The summed E-state index contributed by atoms with van der Waals surface area (Å²) in [4.78, 5) is 37.3. The van der Waals surface area contributed by atoms with E-state index in [2.05, 4.69) is 5.32 Å². The summed E-state index contributed by atoms with van der Waals surface area (Å²) >= 11 is 0. The molecule has 0 unspecified atom stereocenters. The van der Waals surface area contributed by atoms with Gasteiger partial charge in [0.2, 0.25) is 0 Å². The van der Waals surface area contributed by atoms with Crippen molar-refractivity contribution in [1.82, 2.24) is 10.2 Å². The van der Waals surface area contributed by atoms with Crippen molar-refractivity contribution in [2.75, 3.05) is 7.11 Å². The molecule has 0 radical (unpaired) electrons. The van der Waals surface area contributed by atoms with E-state index in [4.69, 9.17) is 4.74 Å². The second-order valence-electron chi connectivity index (χ2n) is 5.90. The molecule has 1 N–H and O–H groups in total. The number of ether oxygens (including phenoxy) is 1. The molecule has 6 heteroatoms. The van der Waals surface area contributed by atoms with E-state index in [0.717, 1.165) is 4.90 Å². The predicted octanol–water partition coefficient (Wildman–Crippen LogP) is 1.96. The van der Waals surface area contributed by atoms with Gasteiger partial charge in [0.25, 0.3) is 11.8 Å². The van der Waals surface area contributed by atoms with Crippen molar-refractivity contribution in [3.05, 3.63) is 35.4 Å². The molecule has 1 aromatic carbocycles. The summed E-state index contributed by atoms with van der Waals surface area (Å²) in [6.07, 6.45) is 1.46. The first kappa shape index (κ1) is 15.8. The van der Waals surface area contributed by atoms with Gasteiger partial charge in [-0.25, -0.2) is 4.79 Å². The minimum absolute atomic E-state index is 0.0697. The molecule has 1 heterocycles. The van der Waals surface area contributed by atoms with Gasteiger partial charge in [0.15, 0.2) is 0 Å². The number of carbonyl (C=O) groups is 3. The van der Waals surface area contributed by atoms with Crippen LogP contribution < -0.4 is 10.1 Å². The average molecular weight is 302 g/mol. The van der Waals surface area contributed by atoms with Gasteiger partial charge in [0, 0.05) is 5.54 Å². The van der Waals surface area contributed by atoms with Crippen molar-refractivity contribution >= 4 is 23.9 Å². The molecule has 0 saturated carbocycles. The highest BCUT2D eigenvalue weighted by atomic mass is 16.5. The number of imide groups is 2. The van der Waals surface area contributed by atoms with E-state index < -0.39 is 23.4 Å². The van der Waals surface area contributed by atoms with Crippen LogP contribution in [0.4, 0.5) is 4.79 Å². The van der Waals surface area contributed by atoms with Crippen LogP contribution in [0.5, 0.6) is 5.75 Å². The maximum Gasteiger partial charge on any atom is 0.331 e. The first-order valence-corrected chi connectivity index (χ1v) is 6.79. The average Bonchev–Trinajstić information content (AvgIpc) is 2.42. The number of nitrogens with zero attached hydrogens (tertiary/aromatic N) is 1. The predicted molar refractivity (Wildman–Crippen MR) is 81.1 cm³/mol. The monoisotopic (exact) mass is 302 g/mol. The lowest BCUT2D eigenvalue weighted by Crippen LogP contribution is -2.60. The summed E-state index contributed by atoms with van der Waals surface area (Å²) in [6.45, 7) is 5.18. The quantitative estimate of drug-likeness (QED) is 0.669. The van der Waals surface area contributed by atoms with Crippen LogP contribution in [0.1, 0.15) is 26.3 Å². The maximum atomic E-state index is 12.5. The third-order valence-corrected chi connectivity index (χ3v) is 3.20. The Hall–Kier alpha value is -2.63. The van der Waals surface area contributed by atoms with E-state index in [-0.39, 0.29) is 5.57 Å². The lowest BCUT2D eigenvalue weighted by atomic mass is 10.0. The van der Waals surface area contributed by atoms with E-state index in [1.165, 1.54) is 6.08 Å². The van der Waals surface area contributed by atoms with Gasteiger partial charge in [0.1, 0.15) is 11.3 Å². The Kier molecular flexibility index (Phi) is 4.03. The summed E-state index contributed by atoms with van der Waals surface area (Å²) in [6, 6.07) is 6.21. The van der Waals surface area contributed by atoms with Crippen LogP contribution in [0.15, 0.2) is 29.8 Å². The Morgan fingerprint density at radius 3 is 2.18 bits per heavy atom. The molecular weight excluding hydrogens is 284 g/mol. The van der Waals surface area contributed by atoms with Crippen LogP contribution in [0, 0.1) is 0 Å². The zero-order valence-electron chi connectivity index (χ0n) is 13.0. The Morgan fingerprint density at radius 1 is 1.09 bits per heavy atom. The molecular formula is C16H18N2O4. The second kappa shape index (κ2) is 5.63. The first-order chi connectivity index (χ1) is 10.2. The Morgan fingerprint density at radius 2 is 1.68 bits per heavy atom. The number of nitrogens with one attached hydrogen (secondary N) is 1. The maximum absolute atomic E-state index is 12.5. The SMILES string of the molecule is COc1ccc(C=C2C(=O)NC(=O)N(C(C)(C)C)C2=O)cc1. The molecule has 1 aromatic rings. The van der Waals surface area contributed by atoms with Crippen molar-refractivity contribution < 1.29 is 19.1 Å². The lowest BCUT2D eigenvalue weighted by molar-refractivity contribution is -0.133. The van der Waals surface area contributed by atoms with Gasteiger partial charge in [-0.2, -0.15) is 0 Å². The minimum Gasteiger partial charge on any atom is -0.497 e. The fourth-order valence-electron chi connectivity index (χ4n) is 2.13. The molecule has 6 nitrogen and oxygen atoms in total. The van der Waals surface area contributed by atoms with Crippen molar-refractivity contribution in [2.24, 2.45) is 0 Å². The number of hydrogen-bond donors (Lipinski definition) is 1. The number of carbonyl (C=O) groups excluding carboxylic acids is 3. The van der Waals surface area contributed by atoms with Crippen molar-refractivity contribution in [2.45, 2.75) is 26.3 Å². The van der Waals surface area contributed by atoms with Gasteiger partial charge in [-0.3, -0.25) is 19.8 Å². The van der Waals surface area contributed by atoms with Gasteiger partial charge in [0.05, 0.1) is 7.11 Å². The molecule has 2 rings (SSSR count). The minimum atomic E-state index is -0.721. The third-order valence-electron chi connectivity index (χ3n) is 3.20. The van der Waals surface area contributed by atoms with Crippen LogP contribution in [-0.2, 0) is 9.59 Å². The van der Waals surface area contributed by atoms with Crippen LogP contribution in [0.2, 0.25) is 0 Å². The summed E-state index contributed by atoms with van der Waals surface area (Å²) in [7, 11) is 1.55. The van der Waals surface area contributed by atoms with Gasteiger partial charge in [-0.1, -0.05) is 12.1 Å². The topological polar surface area (TPSA) is 75.7 Å². The first-order valence-electron chi connectivity index (χ1n) is 6.79. The van der Waals surface area contributed by atoms with Crippen LogP contribution >= 0.6 is 0 Å². The molecule has 0 aromatic heterocycles. The van der Waals surface area contributed by atoms with Gasteiger partial charge in [-0.05, 0) is 44.5 Å². The van der Waals surface area contributed by atoms with E-state index in [1.54, 1.807) is 52.1 Å². The van der Waals surface area contributed by atoms with Crippen LogP contribution in [0.3, 0.4) is 0 Å². The summed E-state index contributed by atoms with van der Waals surface area (Å²) < 4.78 is 5.06. The zero-order chi connectivity index (χ0) is 16.5. The molecule has 0 bridgehead atoms. The lowest BCUT2D eigenvalue weighted by Gasteiger charge is -2.36. The number of methoxy groups -OCH3 is 1. The fourth-order valence-corrected chi connectivity index (χ4v) is 2.13. The number of barbiturate groups is 1. The normalized spacial score (nSPS) is 17.7. The molecule has 1 aliphatic rings. The summed E-state index contributed by atoms with van der Waals surface area (Å²) in [5.41, 5.74) is -0.122. The van der Waals surface area contributed by atoms with E-state index in [9.17, 15) is 14.4 Å². The van der Waals surface area contributed by atoms with Crippen LogP contribution in [0.25, 0.3) is 6.08 Å². The highest BCUT2D eigenvalue weighted by Crippen LogP contribution is 2.22.